The van der Waals surface area contributed by atoms with Crippen molar-refractivity contribution >= 4 is 7.60 Å². The minimum Gasteiger partial charge on any atom is -0.425 e. The molecule has 212 valence electrons. The number of para-hydroxylation sites is 1. The van der Waals surface area contributed by atoms with Gasteiger partial charge in [-0.1, -0.05) is 83.7 Å². The number of rotatable bonds is 9. The molecule has 0 radical (unpaired) electrons. The molecular formula is C34H53O3P. The highest BCUT2D eigenvalue weighted by molar-refractivity contribution is 7.53. The molecule has 3 saturated carbocycles. The van der Waals surface area contributed by atoms with E-state index in [0.29, 0.717) is 11.2 Å². The maximum atomic E-state index is 13.2. The van der Waals surface area contributed by atoms with Gasteiger partial charge >= 0.3 is 7.60 Å². The van der Waals surface area contributed by atoms with Gasteiger partial charge in [-0.15, -0.1) is 0 Å². The normalized spacial score (nSPS) is 38.9. The molecule has 0 N–H and O–H groups in total. The van der Waals surface area contributed by atoms with Crippen molar-refractivity contribution in [2.24, 2.45) is 46.3 Å². The largest absolute Gasteiger partial charge is 0.425 e. The first-order valence-corrected chi connectivity index (χ1v) is 17.7. The van der Waals surface area contributed by atoms with E-state index in [1.807, 2.05) is 30.3 Å². The van der Waals surface area contributed by atoms with Gasteiger partial charge in [-0.25, -0.2) is 4.57 Å². The van der Waals surface area contributed by atoms with Gasteiger partial charge in [-0.2, -0.15) is 0 Å². The molecule has 0 amide bonds. The molecule has 3 nitrogen and oxygen atoms in total. The minimum atomic E-state index is -3.16. The first-order chi connectivity index (χ1) is 18.0. The third kappa shape index (κ3) is 5.58. The fraction of sp³-hybridized carbons (Fsp3) is 0.765. The van der Waals surface area contributed by atoms with Crippen molar-refractivity contribution in [2.45, 2.75) is 111 Å². The van der Waals surface area contributed by atoms with Crippen molar-refractivity contribution in [2.75, 3.05) is 6.66 Å². The molecule has 0 saturated heterocycles. The molecule has 5 rings (SSSR count). The third-order valence-corrected chi connectivity index (χ3v) is 12.8. The lowest BCUT2D eigenvalue weighted by atomic mass is 9.47. The van der Waals surface area contributed by atoms with Crippen molar-refractivity contribution < 1.29 is 13.6 Å². The summed E-state index contributed by atoms with van der Waals surface area (Å²) >= 11 is 0. The van der Waals surface area contributed by atoms with Gasteiger partial charge in [0.25, 0.3) is 0 Å². The van der Waals surface area contributed by atoms with Gasteiger partial charge in [-0.3, -0.25) is 4.52 Å². The molecule has 4 heteroatoms. The van der Waals surface area contributed by atoms with Crippen LogP contribution < -0.4 is 4.52 Å². The maximum absolute atomic E-state index is 13.2. The van der Waals surface area contributed by atoms with Gasteiger partial charge in [0.1, 0.15) is 5.75 Å². The Morgan fingerprint density at radius 2 is 1.74 bits per heavy atom. The van der Waals surface area contributed by atoms with Crippen molar-refractivity contribution in [3.8, 4) is 5.75 Å². The summed E-state index contributed by atoms with van der Waals surface area (Å²) in [7, 11) is -3.16. The van der Waals surface area contributed by atoms with E-state index >= 15 is 0 Å². The van der Waals surface area contributed by atoms with Crippen LogP contribution in [-0.4, -0.2) is 12.8 Å². The molecule has 3 fully saturated rings. The highest BCUT2D eigenvalue weighted by Gasteiger charge is 2.59. The quantitative estimate of drug-likeness (QED) is 0.231. The lowest BCUT2D eigenvalue weighted by Gasteiger charge is -2.58. The van der Waals surface area contributed by atoms with Crippen LogP contribution in [0.2, 0.25) is 0 Å². The summed E-state index contributed by atoms with van der Waals surface area (Å²) in [6.45, 7) is 14.2. The number of benzene rings is 1. The van der Waals surface area contributed by atoms with E-state index in [9.17, 15) is 4.57 Å². The molecule has 0 aliphatic heterocycles. The van der Waals surface area contributed by atoms with E-state index in [1.54, 1.807) is 12.2 Å². The summed E-state index contributed by atoms with van der Waals surface area (Å²) < 4.78 is 25.2. The van der Waals surface area contributed by atoms with Crippen LogP contribution in [0.5, 0.6) is 5.75 Å². The smallest absolute Gasteiger partial charge is 0.376 e. The fourth-order valence-electron chi connectivity index (χ4n) is 9.71. The third-order valence-electron chi connectivity index (χ3n) is 11.6. The van der Waals surface area contributed by atoms with E-state index in [-0.39, 0.29) is 11.5 Å². The van der Waals surface area contributed by atoms with Crippen LogP contribution in [0.3, 0.4) is 0 Å². The zero-order valence-corrected chi connectivity index (χ0v) is 25.9. The van der Waals surface area contributed by atoms with E-state index < -0.39 is 7.60 Å². The molecule has 9 atom stereocenters. The molecule has 38 heavy (non-hydrogen) atoms. The molecule has 0 spiro atoms. The summed E-state index contributed by atoms with van der Waals surface area (Å²) in [5.41, 5.74) is 2.39. The highest BCUT2D eigenvalue weighted by Crippen LogP contribution is 2.67. The van der Waals surface area contributed by atoms with Crippen molar-refractivity contribution in [1.82, 2.24) is 0 Å². The van der Waals surface area contributed by atoms with Crippen LogP contribution in [-0.2, 0) is 9.09 Å². The maximum Gasteiger partial charge on any atom is 0.376 e. The average molecular weight is 541 g/mol. The van der Waals surface area contributed by atoms with Crippen molar-refractivity contribution in [3.63, 3.8) is 0 Å². The SMILES string of the molecule is CC(C)CCC[C@@H](C)[C@H]1CC[C@H]2[C@@H]3CC=C4C[C@@H](OP(C)(=O)Oc5ccccc5)CC[C@]4(C)[C@H]3CC[C@]12C. The second-order valence-electron chi connectivity index (χ2n) is 14.4. The topological polar surface area (TPSA) is 35.5 Å². The monoisotopic (exact) mass is 540 g/mol. The summed E-state index contributed by atoms with van der Waals surface area (Å²) in [6, 6.07) is 9.43. The Balaban J connectivity index is 1.24. The number of allylic oxidation sites excluding steroid dienone is 1. The van der Waals surface area contributed by atoms with Gasteiger partial charge in [0, 0.05) is 6.66 Å². The Morgan fingerprint density at radius 3 is 2.47 bits per heavy atom. The van der Waals surface area contributed by atoms with Crippen molar-refractivity contribution in [3.05, 3.63) is 42.0 Å². The Bertz CT molecular complexity index is 1030. The van der Waals surface area contributed by atoms with Gasteiger partial charge in [-0.05, 0) is 110 Å². The second kappa shape index (κ2) is 11.1. The summed E-state index contributed by atoms with van der Waals surface area (Å²) in [5.74, 6) is 5.74. The summed E-state index contributed by atoms with van der Waals surface area (Å²) in [4.78, 5) is 0. The zero-order valence-electron chi connectivity index (χ0n) is 25.0. The van der Waals surface area contributed by atoms with Gasteiger partial charge in [0.15, 0.2) is 0 Å². The van der Waals surface area contributed by atoms with Crippen LogP contribution in [0, 0.1) is 46.3 Å². The molecule has 0 heterocycles. The first-order valence-electron chi connectivity index (χ1n) is 15.7. The number of hydrogen-bond acceptors (Lipinski definition) is 3. The highest BCUT2D eigenvalue weighted by atomic mass is 31.2. The standard InChI is InChI=1S/C34H53O3P/c1-24(2)11-10-12-25(3)30-17-18-31-29-16-15-26-23-28(37-38(6,35)36-27-13-8-7-9-14-27)19-21-33(26,4)32(29)20-22-34(30,31)5/h7-9,13-15,24-25,28-32H,10-12,16-23H2,1-6H3/t25-,28+,29+,30-,31+,32+,33+,34-,38?/m1/s1. The molecule has 4 aliphatic rings. The van der Waals surface area contributed by atoms with Crippen LogP contribution in [0.25, 0.3) is 0 Å². The van der Waals surface area contributed by atoms with Crippen LogP contribution in [0.1, 0.15) is 105 Å². The van der Waals surface area contributed by atoms with Crippen LogP contribution in [0.4, 0.5) is 0 Å². The van der Waals surface area contributed by atoms with Gasteiger partial charge in [0.2, 0.25) is 0 Å². The van der Waals surface area contributed by atoms with Crippen LogP contribution >= 0.6 is 7.60 Å². The Hall–Kier alpha value is -1.05. The average Bonchev–Trinajstić information content (AvgIpc) is 3.21. The van der Waals surface area contributed by atoms with E-state index in [1.165, 1.54) is 51.4 Å². The molecular weight excluding hydrogens is 487 g/mol. The molecule has 0 bridgehead atoms. The predicted octanol–water partition coefficient (Wildman–Crippen LogP) is 10.3. The molecule has 1 aromatic carbocycles. The van der Waals surface area contributed by atoms with E-state index in [0.717, 1.165) is 54.8 Å². The predicted molar refractivity (Wildman–Crippen MR) is 159 cm³/mol. The first kappa shape index (κ1) is 28.5. The molecule has 1 unspecified atom stereocenters. The summed E-state index contributed by atoms with van der Waals surface area (Å²) in [5, 5.41) is 0. The minimum absolute atomic E-state index is 0.0122. The lowest BCUT2D eigenvalue weighted by molar-refractivity contribution is -0.0561. The zero-order chi connectivity index (χ0) is 27.1. The Morgan fingerprint density at radius 1 is 0.974 bits per heavy atom. The van der Waals surface area contributed by atoms with Crippen LogP contribution in [0.15, 0.2) is 42.0 Å². The fourth-order valence-corrected chi connectivity index (χ4v) is 11.0. The number of fused-ring (bicyclic) bond motifs is 5. The van der Waals surface area contributed by atoms with E-state index in [2.05, 4.69) is 40.7 Å². The number of hydrogen-bond donors (Lipinski definition) is 0. The van der Waals surface area contributed by atoms with E-state index in [4.69, 9.17) is 9.05 Å². The second-order valence-corrected chi connectivity index (χ2v) is 16.4. The van der Waals surface area contributed by atoms with Gasteiger partial charge in [0.05, 0.1) is 6.10 Å². The van der Waals surface area contributed by atoms with Gasteiger partial charge < -0.3 is 4.52 Å². The lowest BCUT2D eigenvalue weighted by Crippen LogP contribution is -2.51. The Labute approximate surface area is 233 Å². The Kier molecular flexibility index (Phi) is 8.30. The molecule has 1 aromatic rings. The summed E-state index contributed by atoms with van der Waals surface area (Å²) in [6.07, 6.45) is 16.7. The molecule has 0 aromatic heterocycles. The van der Waals surface area contributed by atoms with Crippen molar-refractivity contribution in [1.29, 1.82) is 0 Å². The molecule has 4 aliphatic carbocycles.